The number of imidazole rings is 1. The molecule has 9 heteroatoms. The number of methoxy groups -OCH3 is 2. The van der Waals surface area contributed by atoms with Crippen molar-refractivity contribution in [1.29, 1.82) is 5.26 Å². The number of nitrogens with one attached hydrogen (secondary N) is 1. The van der Waals surface area contributed by atoms with E-state index in [4.69, 9.17) is 14.7 Å². The van der Waals surface area contributed by atoms with Crippen molar-refractivity contribution in [3.8, 4) is 40.0 Å². The van der Waals surface area contributed by atoms with Gasteiger partial charge in [-0.25, -0.2) is 4.98 Å². The maximum absolute atomic E-state index is 12.5. The van der Waals surface area contributed by atoms with E-state index in [0.717, 1.165) is 28.0 Å². The zero-order chi connectivity index (χ0) is 22.0. The Balaban J connectivity index is 1.78. The monoisotopic (exact) mass is 416 g/mol. The SMILES string of the molecule is COc1cc(-c2cnc3cc(-c4cnn(C)c4)ccn23)cc(OC)c1C(=O)NCC#N. The number of nitrogens with zero attached hydrogens (tertiary/aromatic N) is 5. The van der Waals surface area contributed by atoms with Crippen LogP contribution in [0.5, 0.6) is 11.5 Å². The van der Waals surface area contributed by atoms with E-state index in [1.165, 1.54) is 14.2 Å². The Kier molecular flexibility index (Phi) is 5.28. The van der Waals surface area contributed by atoms with E-state index >= 15 is 0 Å². The molecule has 9 nitrogen and oxygen atoms in total. The van der Waals surface area contributed by atoms with Crippen molar-refractivity contribution in [3.63, 3.8) is 0 Å². The highest BCUT2D eigenvalue weighted by Crippen LogP contribution is 2.35. The predicted molar refractivity (Wildman–Crippen MR) is 114 cm³/mol. The summed E-state index contributed by atoms with van der Waals surface area (Å²) in [5.41, 5.74) is 4.60. The van der Waals surface area contributed by atoms with Crippen LogP contribution in [0.2, 0.25) is 0 Å². The molecule has 0 saturated heterocycles. The summed E-state index contributed by atoms with van der Waals surface area (Å²) in [6.07, 6.45) is 7.45. The summed E-state index contributed by atoms with van der Waals surface area (Å²) in [5.74, 6) is 0.236. The average molecular weight is 416 g/mol. The molecule has 0 aliphatic carbocycles. The summed E-state index contributed by atoms with van der Waals surface area (Å²) in [4.78, 5) is 17.0. The lowest BCUT2D eigenvalue weighted by molar-refractivity contribution is 0.0952. The summed E-state index contributed by atoms with van der Waals surface area (Å²) >= 11 is 0. The van der Waals surface area contributed by atoms with Gasteiger partial charge < -0.3 is 14.8 Å². The fourth-order valence-electron chi connectivity index (χ4n) is 3.44. The average Bonchev–Trinajstić information content (AvgIpc) is 3.42. The minimum absolute atomic E-state index is 0.112. The van der Waals surface area contributed by atoms with Gasteiger partial charge in [0.2, 0.25) is 0 Å². The normalized spacial score (nSPS) is 10.6. The molecule has 0 aliphatic rings. The van der Waals surface area contributed by atoms with E-state index in [2.05, 4.69) is 15.4 Å². The lowest BCUT2D eigenvalue weighted by atomic mass is 10.1. The number of aryl methyl sites for hydroxylation is 1. The van der Waals surface area contributed by atoms with Crippen molar-refractivity contribution in [2.24, 2.45) is 7.05 Å². The van der Waals surface area contributed by atoms with Crippen LogP contribution in [0, 0.1) is 11.3 Å². The summed E-state index contributed by atoms with van der Waals surface area (Å²) in [7, 11) is 4.84. The standard InChI is InChI=1S/C22H20N6O3/c1-27-13-16(11-26-27)14-4-7-28-17(12-25-20(28)10-14)15-8-18(30-2)21(19(9-15)31-3)22(29)24-6-5-23/h4,7-13H,6H2,1-3H3,(H,24,29). The summed E-state index contributed by atoms with van der Waals surface area (Å²) < 4.78 is 14.6. The number of carbonyl (C=O) groups excluding carboxylic acids is 1. The van der Waals surface area contributed by atoms with Gasteiger partial charge in [-0.05, 0) is 29.8 Å². The van der Waals surface area contributed by atoms with E-state index in [9.17, 15) is 4.79 Å². The van der Waals surface area contributed by atoms with E-state index < -0.39 is 5.91 Å². The largest absolute Gasteiger partial charge is 0.496 e. The molecule has 0 saturated carbocycles. The highest BCUT2D eigenvalue weighted by atomic mass is 16.5. The number of rotatable bonds is 6. The van der Waals surface area contributed by atoms with Crippen molar-refractivity contribution in [3.05, 3.63) is 54.6 Å². The van der Waals surface area contributed by atoms with Crippen LogP contribution in [0.25, 0.3) is 28.0 Å². The van der Waals surface area contributed by atoms with Gasteiger partial charge in [0.15, 0.2) is 0 Å². The fourth-order valence-corrected chi connectivity index (χ4v) is 3.44. The Morgan fingerprint density at radius 1 is 1.13 bits per heavy atom. The third kappa shape index (κ3) is 3.67. The quantitative estimate of drug-likeness (QED) is 0.485. The van der Waals surface area contributed by atoms with E-state index in [-0.39, 0.29) is 12.1 Å². The molecule has 1 N–H and O–H groups in total. The van der Waals surface area contributed by atoms with Crippen molar-refractivity contribution in [2.75, 3.05) is 20.8 Å². The molecule has 0 fully saturated rings. The minimum atomic E-state index is -0.443. The highest BCUT2D eigenvalue weighted by Gasteiger charge is 2.21. The highest BCUT2D eigenvalue weighted by molar-refractivity contribution is 6.00. The molecular weight excluding hydrogens is 396 g/mol. The fraction of sp³-hybridized carbons (Fsp3) is 0.182. The zero-order valence-electron chi connectivity index (χ0n) is 17.3. The lowest BCUT2D eigenvalue weighted by Gasteiger charge is -2.14. The molecule has 1 aromatic carbocycles. The smallest absolute Gasteiger partial charge is 0.259 e. The number of pyridine rings is 1. The molecule has 3 heterocycles. The van der Waals surface area contributed by atoms with Crippen molar-refractivity contribution >= 4 is 11.6 Å². The van der Waals surface area contributed by atoms with Crippen molar-refractivity contribution in [1.82, 2.24) is 24.5 Å². The number of ether oxygens (including phenoxy) is 2. The molecule has 0 aliphatic heterocycles. The molecule has 3 aromatic heterocycles. The van der Waals surface area contributed by atoms with E-state index in [1.807, 2.05) is 48.2 Å². The maximum Gasteiger partial charge on any atom is 0.259 e. The van der Waals surface area contributed by atoms with Gasteiger partial charge in [-0.2, -0.15) is 10.4 Å². The zero-order valence-corrected chi connectivity index (χ0v) is 17.3. The number of carbonyl (C=O) groups is 1. The van der Waals surface area contributed by atoms with Crippen molar-refractivity contribution in [2.45, 2.75) is 0 Å². The van der Waals surface area contributed by atoms with Gasteiger partial charge in [0, 0.05) is 30.6 Å². The Morgan fingerprint density at radius 2 is 1.87 bits per heavy atom. The Bertz CT molecular complexity index is 1290. The number of amides is 1. The third-order valence-corrected chi connectivity index (χ3v) is 4.91. The van der Waals surface area contributed by atoms with Crippen LogP contribution in [0.1, 0.15) is 10.4 Å². The van der Waals surface area contributed by atoms with Gasteiger partial charge in [-0.15, -0.1) is 0 Å². The Hall–Kier alpha value is -4.32. The number of hydrogen-bond acceptors (Lipinski definition) is 6. The first-order valence-electron chi connectivity index (χ1n) is 9.43. The molecule has 0 atom stereocenters. The third-order valence-electron chi connectivity index (χ3n) is 4.91. The van der Waals surface area contributed by atoms with Crippen LogP contribution >= 0.6 is 0 Å². The van der Waals surface area contributed by atoms with Crippen LogP contribution in [0.15, 0.2) is 49.1 Å². The second-order valence-corrected chi connectivity index (χ2v) is 6.79. The second kappa shape index (κ2) is 8.20. The summed E-state index contributed by atoms with van der Waals surface area (Å²) in [6, 6.07) is 9.37. The van der Waals surface area contributed by atoms with E-state index in [0.29, 0.717) is 11.5 Å². The topological polar surface area (TPSA) is 106 Å². The number of fused-ring (bicyclic) bond motifs is 1. The molecule has 1 amide bonds. The van der Waals surface area contributed by atoms with Gasteiger partial charge in [-0.1, -0.05) is 0 Å². The van der Waals surface area contributed by atoms with Crippen LogP contribution in [0.4, 0.5) is 0 Å². The molecule has 4 aromatic rings. The summed E-state index contributed by atoms with van der Waals surface area (Å²) in [5, 5.41) is 15.5. The number of nitriles is 1. The molecule has 4 rings (SSSR count). The van der Waals surface area contributed by atoms with Gasteiger partial charge in [-0.3, -0.25) is 13.9 Å². The first-order valence-corrected chi connectivity index (χ1v) is 9.43. The Labute approximate surface area is 178 Å². The first-order chi connectivity index (χ1) is 15.0. The van der Waals surface area contributed by atoms with Crippen LogP contribution in [-0.4, -0.2) is 45.8 Å². The molecule has 0 spiro atoms. The summed E-state index contributed by atoms with van der Waals surface area (Å²) in [6.45, 7) is -0.112. The number of aromatic nitrogens is 4. The van der Waals surface area contributed by atoms with Gasteiger partial charge in [0.25, 0.3) is 5.91 Å². The lowest BCUT2D eigenvalue weighted by Crippen LogP contribution is -2.24. The predicted octanol–water partition coefficient (Wildman–Crippen LogP) is 2.67. The van der Waals surface area contributed by atoms with Crippen LogP contribution in [0.3, 0.4) is 0 Å². The van der Waals surface area contributed by atoms with Crippen LogP contribution in [-0.2, 0) is 7.05 Å². The number of hydrogen-bond donors (Lipinski definition) is 1. The Morgan fingerprint density at radius 3 is 2.48 bits per heavy atom. The minimum Gasteiger partial charge on any atom is -0.496 e. The van der Waals surface area contributed by atoms with E-state index in [1.54, 1.807) is 23.0 Å². The van der Waals surface area contributed by atoms with Gasteiger partial charge >= 0.3 is 0 Å². The maximum atomic E-state index is 12.5. The molecule has 156 valence electrons. The van der Waals surface area contributed by atoms with Crippen molar-refractivity contribution < 1.29 is 14.3 Å². The second-order valence-electron chi connectivity index (χ2n) is 6.79. The molecule has 0 unspecified atom stereocenters. The number of benzene rings is 1. The van der Waals surface area contributed by atoms with Gasteiger partial charge in [0.1, 0.15) is 29.3 Å². The molecule has 0 radical (unpaired) electrons. The first kappa shape index (κ1) is 20.0. The van der Waals surface area contributed by atoms with Gasteiger partial charge in [0.05, 0.1) is 38.4 Å². The van der Waals surface area contributed by atoms with Crippen LogP contribution < -0.4 is 14.8 Å². The molecule has 0 bridgehead atoms. The molecule has 31 heavy (non-hydrogen) atoms. The molecular formula is C22H20N6O3.